The fraction of sp³-hybridized carbons (Fsp3) is 0.846. The summed E-state index contributed by atoms with van der Waals surface area (Å²) in [6.45, 7) is 10.4. The third-order valence-corrected chi connectivity index (χ3v) is 4.89. The molecule has 1 N–H and O–H groups in total. The van der Waals surface area contributed by atoms with Crippen LogP contribution in [-0.2, 0) is 9.59 Å². The summed E-state index contributed by atoms with van der Waals surface area (Å²) < 4.78 is 0. The van der Waals surface area contributed by atoms with Gasteiger partial charge in [0.1, 0.15) is 0 Å². The molecule has 2 aliphatic rings. The molecule has 1 aliphatic carbocycles. The number of carbonyl (C=O) groups excluding carboxylic acids is 2. The molecule has 0 aromatic heterocycles. The van der Waals surface area contributed by atoms with Crippen molar-refractivity contribution in [2.45, 2.75) is 34.1 Å². The van der Waals surface area contributed by atoms with Gasteiger partial charge in [-0.25, -0.2) is 0 Å². The minimum Gasteiger partial charge on any atom is -0.354 e. The van der Waals surface area contributed by atoms with Crippen LogP contribution >= 0.6 is 0 Å². The summed E-state index contributed by atoms with van der Waals surface area (Å²) in [4.78, 5) is 25.5. The molecule has 4 heteroatoms. The van der Waals surface area contributed by atoms with Crippen molar-refractivity contribution in [3.63, 3.8) is 0 Å². The van der Waals surface area contributed by atoms with Crippen LogP contribution < -0.4 is 5.32 Å². The van der Waals surface area contributed by atoms with E-state index in [0.717, 1.165) is 0 Å². The Morgan fingerprint density at radius 1 is 1.24 bits per heavy atom. The van der Waals surface area contributed by atoms with Crippen molar-refractivity contribution < 1.29 is 9.59 Å². The number of amides is 2. The Balaban J connectivity index is 2.04. The van der Waals surface area contributed by atoms with Gasteiger partial charge in [-0.3, -0.25) is 9.59 Å². The zero-order valence-corrected chi connectivity index (χ0v) is 11.2. The summed E-state index contributed by atoms with van der Waals surface area (Å²) in [5.74, 6) is 0.370. The smallest absolute Gasteiger partial charge is 0.226 e. The van der Waals surface area contributed by atoms with E-state index in [1.165, 1.54) is 0 Å². The number of carbonyl (C=O) groups is 2. The van der Waals surface area contributed by atoms with E-state index in [0.29, 0.717) is 26.1 Å². The van der Waals surface area contributed by atoms with Crippen molar-refractivity contribution in [2.24, 2.45) is 16.7 Å². The zero-order chi connectivity index (χ0) is 12.8. The molecule has 0 bridgehead atoms. The first-order valence-electron chi connectivity index (χ1n) is 6.34. The maximum atomic E-state index is 12.4. The van der Waals surface area contributed by atoms with Crippen LogP contribution in [0, 0.1) is 16.7 Å². The number of hydrogen-bond acceptors (Lipinski definition) is 2. The molecule has 96 valence electrons. The number of nitrogens with zero attached hydrogens (tertiary/aromatic N) is 1. The molecule has 0 atom stereocenters. The van der Waals surface area contributed by atoms with Gasteiger partial charge in [0.05, 0.1) is 0 Å². The maximum Gasteiger partial charge on any atom is 0.226 e. The Labute approximate surface area is 103 Å². The Bertz CT molecular complexity index is 346. The molecule has 2 rings (SSSR count). The van der Waals surface area contributed by atoms with Crippen LogP contribution in [0.2, 0.25) is 0 Å². The highest BCUT2D eigenvalue weighted by Gasteiger charge is 2.68. The largest absolute Gasteiger partial charge is 0.354 e. The maximum absolute atomic E-state index is 12.4. The Hall–Kier alpha value is -1.06. The van der Waals surface area contributed by atoms with Crippen LogP contribution in [0.15, 0.2) is 0 Å². The molecule has 2 fully saturated rings. The van der Waals surface area contributed by atoms with Crippen molar-refractivity contribution >= 4 is 11.8 Å². The molecule has 0 radical (unpaired) electrons. The van der Waals surface area contributed by atoms with E-state index in [9.17, 15) is 9.59 Å². The van der Waals surface area contributed by atoms with Crippen molar-refractivity contribution in [3.05, 3.63) is 0 Å². The van der Waals surface area contributed by atoms with Crippen molar-refractivity contribution in [3.8, 4) is 0 Å². The van der Waals surface area contributed by atoms with E-state index in [1.54, 1.807) is 0 Å². The van der Waals surface area contributed by atoms with E-state index in [2.05, 4.69) is 33.0 Å². The lowest BCUT2D eigenvalue weighted by atomic mass is 10.0. The monoisotopic (exact) mass is 238 g/mol. The lowest BCUT2D eigenvalue weighted by Crippen LogP contribution is -2.36. The second kappa shape index (κ2) is 3.72. The van der Waals surface area contributed by atoms with E-state index in [4.69, 9.17) is 0 Å². The average Bonchev–Trinajstić information content (AvgIpc) is 2.72. The SMILES string of the molecule is CC1(C)C(C(=O)N2CCNC(=O)CC2)C1(C)C. The number of nitrogens with one attached hydrogen (secondary N) is 1. The number of hydrogen-bond donors (Lipinski definition) is 1. The highest BCUT2D eigenvalue weighted by molar-refractivity contribution is 5.85. The Kier molecular flexibility index (Phi) is 2.71. The van der Waals surface area contributed by atoms with Crippen molar-refractivity contribution in [1.29, 1.82) is 0 Å². The average molecular weight is 238 g/mol. The highest BCUT2D eigenvalue weighted by Crippen LogP contribution is 2.68. The summed E-state index contributed by atoms with van der Waals surface area (Å²) in [6.07, 6.45) is 0.430. The van der Waals surface area contributed by atoms with Crippen LogP contribution in [0.3, 0.4) is 0 Å². The third kappa shape index (κ3) is 1.83. The second-order valence-electron chi connectivity index (χ2n) is 6.30. The van der Waals surface area contributed by atoms with Gasteiger partial charge in [-0.2, -0.15) is 0 Å². The van der Waals surface area contributed by atoms with Gasteiger partial charge in [-0.15, -0.1) is 0 Å². The van der Waals surface area contributed by atoms with Crippen LogP contribution in [0.25, 0.3) is 0 Å². The first kappa shape index (κ1) is 12.4. The lowest BCUT2D eigenvalue weighted by molar-refractivity contribution is -0.133. The number of rotatable bonds is 1. The first-order valence-corrected chi connectivity index (χ1v) is 6.34. The van der Waals surface area contributed by atoms with Gasteiger partial charge < -0.3 is 10.2 Å². The molecule has 0 aromatic carbocycles. The lowest BCUT2D eigenvalue weighted by Gasteiger charge is -2.20. The highest BCUT2D eigenvalue weighted by atomic mass is 16.2. The summed E-state index contributed by atoms with van der Waals surface area (Å²) in [6, 6.07) is 0. The fourth-order valence-electron chi connectivity index (χ4n) is 2.98. The van der Waals surface area contributed by atoms with Gasteiger partial charge >= 0.3 is 0 Å². The normalized spacial score (nSPS) is 27.3. The van der Waals surface area contributed by atoms with Gasteiger partial charge in [0.25, 0.3) is 0 Å². The fourth-order valence-corrected chi connectivity index (χ4v) is 2.98. The molecule has 0 aromatic rings. The predicted molar refractivity (Wildman–Crippen MR) is 65.3 cm³/mol. The summed E-state index contributed by atoms with van der Waals surface area (Å²) >= 11 is 0. The van der Waals surface area contributed by atoms with Gasteiger partial charge in [0.2, 0.25) is 11.8 Å². The zero-order valence-electron chi connectivity index (χ0n) is 11.2. The van der Waals surface area contributed by atoms with Gasteiger partial charge in [0.15, 0.2) is 0 Å². The summed E-state index contributed by atoms with van der Waals surface area (Å²) in [7, 11) is 0. The summed E-state index contributed by atoms with van der Waals surface area (Å²) in [5.41, 5.74) is 0.154. The van der Waals surface area contributed by atoms with E-state index in [-0.39, 0.29) is 28.6 Å². The Morgan fingerprint density at radius 2 is 1.82 bits per heavy atom. The molecule has 0 spiro atoms. The topological polar surface area (TPSA) is 49.4 Å². The molecular weight excluding hydrogens is 216 g/mol. The Morgan fingerprint density at radius 3 is 2.35 bits per heavy atom. The standard InChI is InChI=1S/C13H22N2O2/c1-12(2)10(13(12,3)4)11(17)15-7-5-9(16)14-6-8-15/h10H,5-8H2,1-4H3,(H,14,16). The van der Waals surface area contributed by atoms with E-state index >= 15 is 0 Å². The third-order valence-electron chi connectivity index (χ3n) is 4.89. The van der Waals surface area contributed by atoms with E-state index in [1.807, 2.05) is 4.90 Å². The molecule has 1 saturated heterocycles. The molecule has 0 unspecified atom stereocenters. The van der Waals surface area contributed by atoms with Crippen LogP contribution in [0.5, 0.6) is 0 Å². The molecule has 1 saturated carbocycles. The van der Waals surface area contributed by atoms with Gasteiger partial charge in [-0.05, 0) is 10.8 Å². The first-order chi connectivity index (χ1) is 7.78. The molecule has 4 nitrogen and oxygen atoms in total. The van der Waals surface area contributed by atoms with E-state index < -0.39 is 0 Å². The van der Waals surface area contributed by atoms with Crippen LogP contribution in [0.4, 0.5) is 0 Å². The summed E-state index contributed by atoms with van der Waals surface area (Å²) in [5, 5.41) is 2.80. The van der Waals surface area contributed by atoms with Crippen LogP contribution in [-0.4, -0.2) is 36.3 Å². The molecule has 17 heavy (non-hydrogen) atoms. The molecule has 1 aliphatic heterocycles. The van der Waals surface area contributed by atoms with Crippen molar-refractivity contribution in [1.82, 2.24) is 10.2 Å². The predicted octanol–water partition coefficient (Wildman–Crippen LogP) is 1.02. The van der Waals surface area contributed by atoms with Crippen molar-refractivity contribution in [2.75, 3.05) is 19.6 Å². The van der Waals surface area contributed by atoms with Gasteiger partial charge in [-0.1, -0.05) is 27.7 Å². The second-order valence-corrected chi connectivity index (χ2v) is 6.30. The molecular formula is C13H22N2O2. The minimum absolute atomic E-state index is 0.0506. The molecule has 1 heterocycles. The minimum atomic E-state index is 0.0506. The van der Waals surface area contributed by atoms with Gasteiger partial charge in [0, 0.05) is 32.0 Å². The van der Waals surface area contributed by atoms with Crippen LogP contribution in [0.1, 0.15) is 34.1 Å². The molecule has 2 amide bonds. The quantitative estimate of drug-likeness (QED) is 0.741.